The van der Waals surface area contributed by atoms with E-state index in [1.807, 2.05) is 24.3 Å². The molecular formula is C16H17N3. The molecule has 3 nitrogen and oxygen atoms in total. The molecule has 3 rings (SSSR count). The van der Waals surface area contributed by atoms with Crippen molar-refractivity contribution in [1.82, 2.24) is 9.55 Å². The van der Waals surface area contributed by atoms with Crippen LogP contribution in [0.3, 0.4) is 0 Å². The first-order chi connectivity index (χ1) is 9.24. The van der Waals surface area contributed by atoms with Gasteiger partial charge in [-0.1, -0.05) is 30.3 Å². The second-order valence-electron chi connectivity index (χ2n) is 4.82. The molecule has 0 bridgehead atoms. The molecule has 96 valence electrons. The van der Waals surface area contributed by atoms with E-state index in [1.54, 1.807) is 0 Å². The van der Waals surface area contributed by atoms with Crippen molar-refractivity contribution in [1.29, 1.82) is 0 Å². The second-order valence-corrected chi connectivity index (χ2v) is 4.82. The molecule has 0 radical (unpaired) electrons. The van der Waals surface area contributed by atoms with Crippen LogP contribution in [-0.4, -0.2) is 9.55 Å². The second kappa shape index (κ2) is 4.76. The number of nitrogens with two attached hydrogens (primary N) is 1. The third-order valence-electron chi connectivity index (χ3n) is 3.48. The molecule has 3 heteroatoms. The molecule has 2 aromatic carbocycles. The van der Waals surface area contributed by atoms with Gasteiger partial charge in [-0.05, 0) is 30.2 Å². The van der Waals surface area contributed by atoms with Crippen molar-refractivity contribution in [2.24, 2.45) is 7.05 Å². The van der Waals surface area contributed by atoms with Gasteiger partial charge in [0.1, 0.15) is 5.82 Å². The van der Waals surface area contributed by atoms with Crippen molar-refractivity contribution in [3.63, 3.8) is 0 Å². The van der Waals surface area contributed by atoms with Gasteiger partial charge >= 0.3 is 0 Å². The lowest BCUT2D eigenvalue weighted by Gasteiger charge is -2.02. The highest BCUT2D eigenvalue weighted by molar-refractivity contribution is 5.79. The molecule has 19 heavy (non-hydrogen) atoms. The predicted octanol–water partition coefficient (Wildman–Crippen LogP) is 2.94. The number of fused-ring (bicyclic) bond motifs is 1. The molecule has 0 spiro atoms. The van der Waals surface area contributed by atoms with Gasteiger partial charge in [0, 0.05) is 19.2 Å². The van der Waals surface area contributed by atoms with Gasteiger partial charge in [-0.25, -0.2) is 4.98 Å². The molecule has 3 aromatic rings. The summed E-state index contributed by atoms with van der Waals surface area (Å²) in [5, 5.41) is 0. The van der Waals surface area contributed by atoms with Crippen LogP contribution in [0.25, 0.3) is 11.0 Å². The summed E-state index contributed by atoms with van der Waals surface area (Å²) in [6, 6.07) is 16.4. The van der Waals surface area contributed by atoms with Crippen LogP contribution in [0.2, 0.25) is 0 Å². The Morgan fingerprint density at radius 1 is 1.05 bits per heavy atom. The SMILES string of the molecule is Cn1c(CCc2ccccc2)nc2cc(N)ccc21. The van der Waals surface area contributed by atoms with Crippen molar-refractivity contribution in [3.05, 3.63) is 59.9 Å². The van der Waals surface area contributed by atoms with Crippen molar-refractivity contribution in [3.8, 4) is 0 Å². The van der Waals surface area contributed by atoms with Crippen LogP contribution in [0.5, 0.6) is 0 Å². The minimum atomic E-state index is 0.764. The van der Waals surface area contributed by atoms with Gasteiger partial charge in [-0.2, -0.15) is 0 Å². The van der Waals surface area contributed by atoms with E-state index in [-0.39, 0.29) is 0 Å². The number of imidazole rings is 1. The van der Waals surface area contributed by atoms with Gasteiger partial charge in [-0.3, -0.25) is 0 Å². The largest absolute Gasteiger partial charge is 0.399 e. The lowest BCUT2D eigenvalue weighted by Crippen LogP contribution is -2.00. The van der Waals surface area contributed by atoms with Gasteiger partial charge in [0.2, 0.25) is 0 Å². The quantitative estimate of drug-likeness (QED) is 0.727. The fraction of sp³-hybridized carbons (Fsp3) is 0.188. The Kier molecular flexibility index (Phi) is 2.95. The number of nitrogens with zero attached hydrogens (tertiary/aromatic N) is 2. The Balaban J connectivity index is 1.87. The van der Waals surface area contributed by atoms with E-state index in [4.69, 9.17) is 5.73 Å². The van der Waals surface area contributed by atoms with Crippen LogP contribution in [0, 0.1) is 0 Å². The average Bonchev–Trinajstić information content (AvgIpc) is 2.74. The minimum absolute atomic E-state index is 0.764. The molecule has 0 unspecified atom stereocenters. The zero-order valence-electron chi connectivity index (χ0n) is 11.0. The predicted molar refractivity (Wildman–Crippen MR) is 79.0 cm³/mol. The monoisotopic (exact) mass is 251 g/mol. The fourth-order valence-electron chi connectivity index (χ4n) is 2.39. The van der Waals surface area contributed by atoms with E-state index in [0.29, 0.717) is 0 Å². The van der Waals surface area contributed by atoms with E-state index >= 15 is 0 Å². The van der Waals surface area contributed by atoms with E-state index in [9.17, 15) is 0 Å². The normalized spacial score (nSPS) is 11.0. The molecule has 2 N–H and O–H groups in total. The number of nitrogen functional groups attached to an aromatic ring is 1. The Labute approximate surface area is 112 Å². The molecule has 0 saturated carbocycles. The molecule has 0 saturated heterocycles. The van der Waals surface area contributed by atoms with Gasteiger partial charge in [-0.15, -0.1) is 0 Å². The van der Waals surface area contributed by atoms with Crippen LogP contribution in [0.4, 0.5) is 5.69 Å². The first kappa shape index (κ1) is 11.8. The highest BCUT2D eigenvalue weighted by atomic mass is 15.1. The van der Waals surface area contributed by atoms with Crippen molar-refractivity contribution < 1.29 is 0 Å². The van der Waals surface area contributed by atoms with Crippen molar-refractivity contribution >= 4 is 16.7 Å². The Bertz CT molecular complexity index is 699. The van der Waals surface area contributed by atoms with Gasteiger partial charge < -0.3 is 10.3 Å². The van der Waals surface area contributed by atoms with Gasteiger partial charge in [0.15, 0.2) is 0 Å². The van der Waals surface area contributed by atoms with Crippen molar-refractivity contribution in [2.75, 3.05) is 5.73 Å². The molecule has 0 aliphatic heterocycles. The number of hydrogen-bond donors (Lipinski definition) is 1. The molecule has 0 amide bonds. The summed E-state index contributed by atoms with van der Waals surface area (Å²) in [4.78, 5) is 4.67. The summed E-state index contributed by atoms with van der Waals surface area (Å²) in [6.07, 6.45) is 1.95. The number of aryl methyl sites for hydroxylation is 3. The highest BCUT2D eigenvalue weighted by Gasteiger charge is 2.07. The highest BCUT2D eigenvalue weighted by Crippen LogP contribution is 2.18. The standard InChI is InChI=1S/C16H17N3/c1-19-15-9-8-13(17)11-14(15)18-16(19)10-7-12-5-3-2-4-6-12/h2-6,8-9,11H,7,10,17H2,1H3. The average molecular weight is 251 g/mol. The molecule has 0 aliphatic carbocycles. The minimum Gasteiger partial charge on any atom is -0.399 e. The van der Waals surface area contributed by atoms with E-state index < -0.39 is 0 Å². The van der Waals surface area contributed by atoms with Gasteiger partial charge in [0.25, 0.3) is 0 Å². The van der Waals surface area contributed by atoms with Gasteiger partial charge in [0.05, 0.1) is 11.0 Å². The number of aromatic nitrogens is 2. The molecule has 1 heterocycles. The van der Waals surface area contributed by atoms with Crippen LogP contribution in [0.1, 0.15) is 11.4 Å². The Hall–Kier alpha value is -2.29. The van der Waals surface area contributed by atoms with Crippen LogP contribution in [0.15, 0.2) is 48.5 Å². The van der Waals surface area contributed by atoms with Crippen molar-refractivity contribution in [2.45, 2.75) is 12.8 Å². The smallest absolute Gasteiger partial charge is 0.109 e. The maximum Gasteiger partial charge on any atom is 0.109 e. The number of hydrogen-bond acceptors (Lipinski definition) is 2. The van der Waals surface area contributed by atoms with Crippen LogP contribution < -0.4 is 5.73 Å². The summed E-state index contributed by atoms with van der Waals surface area (Å²) >= 11 is 0. The summed E-state index contributed by atoms with van der Waals surface area (Å²) in [5.41, 5.74) is 10.0. The zero-order chi connectivity index (χ0) is 13.2. The molecule has 0 fully saturated rings. The van der Waals surface area contributed by atoms with Crippen LogP contribution in [-0.2, 0) is 19.9 Å². The summed E-state index contributed by atoms with van der Waals surface area (Å²) in [5.74, 6) is 1.10. The summed E-state index contributed by atoms with van der Waals surface area (Å²) in [7, 11) is 2.06. The first-order valence-electron chi connectivity index (χ1n) is 6.49. The first-order valence-corrected chi connectivity index (χ1v) is 6.49. The number of anilines is 1. The third kappa shape index (κ3) is 2.32. The zero-order valence-corrected chi connectivity index (χ0v) is 11.0. The number of benzene rings is 2. The maximum absolute atomic E-state index is 5.80. The van der Waals surface area contributed by atoms with E-state index in [2.05, 4.69) is 40.9 Å². The maximum atomic E-state index is 5.80. The Morgan fingerprint density at radius 3 is 2.63 bits per heavy atom. The van der Waals surface area contributed by atoms with Crippen LogP contribution >= 0.6 is 0 Å². The third-order valence-corrected chi connectivity index (χ3v) is 3.48. The molecular weight excluding hydrogens is 234 g/mol. The van der Waals surface area contributed by atoms with E-state index in [1.165, 1.54) is 5.56 Å². The fourth-order valence-corrected chi connectivity index (χ4v) is 2.39. The molecule has 1 aromatic heterocycles. The Morgan fingerprint density at radius 2 is 1.84 bits per heavy atom. The number of rotatable bonds is 3. The molecule has 0 aliphatic rings. The summed E-state index contributed by atoms with van der Waals surface area (Å²) < 4.78 is 2.15. The molecule has 0 atom stereocenters. The summed E-state index contributed by atoms with van der Waals surface area (Å²) in [6.45, 7) is 0. The van der Waals surface area contributed by atoms with E-state index in [0.717, 1.165) is 35.4 Å². The lowest BCUT2D eigenvalue weighted by molar-refractivity contribution is 0.787. The lowest BCUT2D eigenvalue weighted by atomic mass is 10.1. The topological polar surface area (TPSA) is 43.8 Å².